The van der Waals surface area contributed by atoms with Crippen molar-refractivity contribution < 1.29 is 39.4 Å². The molecule has 0 radical (unpaired) electrons. The van der Waals surface area contributed by atoms with Gasteiger partial charge in [-0.2, -0.15) is 9.97 Å². The molecule has 0 aromatic carbocycles. The summed E-state index contributed by atoms with van der Waals surface area (Å²) in [6, 6.07) is 0. The van der Waals surface area contributed by atoms with Crippen molar-refractivity contribution in [3.05, 3.63) is 27.0 Å². The molecule has 2 saturated carbocycles. The first-order chi connectivity index (χ1) is 23.9. The van der Waals surface area contributed by atoms with Crippen LogP contribution >= 0.6 is 0 Å². The Bertz CT molecular complexity index is 1590. The number of imidazole rings is 1. The van der Waals surface area contributed by atoms with Gasteiger partial charge in [-0.15, -0.1) is 0 Å². The van der Waals surface area contributed by atoms with Crippen LogP contribution in [0.1, 0.15) is 40.5 Å². The van der Waals surface area contributed by atoms with Gasteiger partial charge in [0.2, 0.25) is 11.9 Å². The number of aliphatic hydroxyl groups is 4. The number of fused-ring (bicyclic) bond motifs is 1. The highest BCUT2D eigenvalue weighted by Gasteiger charge is 2.54. The second-order valence-electron chi connectivity index (χ2n) is 11.7. The first kappa shape index (κ1) is 42.0. The zero-order valence-electron chi connectivity index (χ0n) is 28.9. The molecule has 3 aromatic heterocycles. The number of rotatable bonds is 15. The minimum absolute atomic E-state index is 0.0173. The molecule has 2 aliphatic carbocycles. The maximum absolute atomic E-state index is 11.6. The Kier molecular flexibility index (Phi) is 16.7. The number of carbonyl (C=O) groups excluding carboxylic acids is 1. The Morgan fingerprint density at radius 3 is 1.90 bits per heavy atom. The maximum Gasteiger partial charge on any atom is 0.280 e. The fourth-order valence-electron chi connectivity index (χ4n) is 5.16. The summed E-state index contributed by atoms with van der Waals surface area (Å²) in [6.07, 6.45) is 3.74. The lowest BCUT2D eigenvalue weighted by Crippen LogP contribution is -2.25. The number of hydrogen-bond donors (Lipinski definition) is 10. The number of carbonyl (C=O) groups is 1. The lowest BCUT2D eigenvalue weighted by atomic mass is 10.1. The van der Waals surface area contributed by atoms with E-state index < -0.39 is 12.0 Å². The predicted octanol–water partition coefficient (Wildman–Crippen LogP) is -1.39. The van der Waals surface area contributed by atoms with Crippen molar-refractivity contribution in [1.82, 2.24) is 29.5 Å². The van der Waals surface area contributed by atoms with Crippen LogP contribution in [-0.2, 0) is 25.5 Å². The highest BCUT2D eigenvalue weighted by molar-refractivity contribution is 5.70. The largest absolute Gasteiger partial charge is 0.396 e. The number of nitrogens with zero attached hydrogens (tertiary/aromatic N) is 4. The highest BCUT2D eigenvalue weighted by atomic mass is 16.8. The van der Waals surface area contributed by atoms with Crippen LogP contribution in [0.15, 0.2) is 15.9 Å². The van der Waals surface area contributed by atoms with Gasteiger partial charge in [-0.1, -0.05) is 0 Å². The van der Waals surface area contributed by atoms with Crippen LogP contribution in [-0.4, -0.2) is 115 Å². The van der Waals surface area contributed by atoms with E-state index in [-0.39, 0.29) is 83.6 Å². The molecule has 0 saturated heterocycles. The summed E-state index contributed by atoms with van der Waals surface area (Å²) < 4.78 is 16.9. The number of aromatic nitrogens is 6. The summed E-state index contributed by atoms with van der Waals surface area (Å²) in [5, 5.41) is 39.9. The minimum Gasteiger partial charge on any atom is -0.396 e. The molecule has 2 fully saturated rings. The second-order valence-corrected chi connectivity index (χ2v) is 11.7. The van der Waals surface area contributed by atoms with Crippen LogP contribution < -0.4 is 33.6 Å². The molecule has 20 nitrogen and oxygen atoms in total. The molecule has 20 heteroatoms. The number of nitrogens with two attached hydrogens (primary N) is 3. The SMILES string of the molecule is CC=O.CCOC(OCC)OCC.Nc1nc(NCC2(CO)CC2CO)c(N)c(=O)[nH]1.Nc1nc2c(ncn2CC2(CO)CC2CO)c(=O)[nH]1. The smallest absolute Gasteiger partial charge is 0.280 e. The zero-order chi connectivity index (χ0) is 37.5. The van der Waals surface area contributed by atoms with Crippen LogP contribution in [0.25, 0.3) is 11.2 Å². The molecule has 0 aliphatic heterocycles. The van der Waals surface area contributed by atoms with Gasteiger partial charge in [0.05, 0.1) is 19.5 Å². The number of nitrogen functional groups attached to an aromatic ring is 3. The van der Waals surface area contributed by atoms with Gasteiger partial charge >= 0.3 is 0 Å². The molecule has 13 N–H and O–H groups in total. The van der Waals surface area contributed by atoms with E-state index >= 15 is 0 Å². The van der Waals surface area contributed by atoms with Crippen LogP contribution in [0.3, 0.4) is 0 Å². The van der Waals surface area contributed by atoms with Crippen molar-refractivity contribution >= 4 is 40.9 Å². The van der Waals surface area contributed by atoms with Gasteiger partial charge in [0.25, 0.3) is 17.6 Å². The second kappa shape index (κ2) is 19.9. The van der Waals surface area contributed by atoms with Gasteiger partial charge in [0.15, 0.2) is 17.0 Å². The lowest BCUT2D eigenvalue weighted by Gasteiger charge is -2.16. The van der Waals surface area contributed by atoms with Crippen molar-refractivity contribution in [3.63, 3.8) is 0 Å². The van der Waals surface area contributed by atoms with E-state index in [0.717, 1.165) is 19.1 Å². The Hall–Kier alpha value is -4.18. The quantitative estimate of drug-likeness (QED) is 0.0640. The van der Waals surface area contributed by atoms with Crippen molar-refractivity contribution in [2.24, 2.45) is 22.7 Å². The van der Waals surface area contributed by atoms with Crippen molar-refractivity contribution in [1.29, 1.82) is 0 Å². The molecule has 0 amide bonds. The van der Waals surface area contributed by atoms with E-state index in [2.05, 4.69) is 30.2 Å². The summed E-state index contributed by atoms with van der Waals surface area (Å²) in [7, 11) is 0. The first-order valence-corrected chi connectivity index (χ1v) is 16.2. The van der Waals surface area contributed by atoms with E-state index in [1.807, 2.05) is 20.8 Å². The third-order valence-corrected chi connectivity index (χ3v) is 8.26. The Morgan fingerprint density at radius 1 is 0.920 bits per heavy atom. The number of nitrogens with one attached hydrogen (secondary N) is 3. The molecular formula is C30H52N10O10. The number of anilines is 4. The summed E-state index contributed by atoms with van der Waals surface area (Å²) >= 11 is 0. The summed E-state index contributed by atoms with van der Waals surface area (Å²) in [5.41, 5.74) is 15.5. The molecule has 4 atom stereocenters. The molecule has 0 spiro atoms. The van der Waals surface area contributed by atoms with Gasteiger partial charge in [-0.3, -0.25) is 19.6 Å². The molecular weight excluding hydrogens is 660 g/mol. The molecule has 0 bridgehead atoms. The van der Waals surface area contributed by atoms with Gasteiger partial charge in [-0.25, -0.2) is 4.98 Å². The Balaban J connectivity index is 0.000000262. The van der Waals surface area contributed by atoms with Crippen LogP contribution in [0.4, 0.5) is 23.4 Å². The van der Waals surface area contributed by atoms with E-state index in [0.29, 0.717) is 38.6 Å². The van der Waals surface area contributed by atoms with E-state index in [1.54, 1.807) is 4.57 Å². The van der Waals surface area contributed by atoms with E-state index in [4.69, 9.17) is 41.3 Å². The van der Waals surface area contributed by atoms with Crippen molar-refractivity contribution in [2.45, 2.75) is 53.6 Å². The number of aromatic amines is 2. The maximum atomic E-state index is 11.6. The van der Waals surface area contributed by atoms with E-state index in [1.165, 1.54) is 13.3 Å². The average molecular weight is 713 g/mol. The summed E-state index contributed by atoms with van der Waals surface area (Å²) in [5.74, 6) is 0.355. The fraction of sp³-hybridized carbons (Fsp3) is 0.667. The van der Waals surface area contributed by atoms with Gasteiger partial charge in [0, 0.05) is 57.0 Å². The topological polar surface area (TPSA) is 325 Å². The number of hydrogen-bond acceptors (Lipinski definition) is 17. The lowest BCUT2D eigenvalue weighted by molar-refractivity contribution is -0.282. The number of H-pyrrole nitrogens is 2. The molecule has 4 unspecified atom stereocenters. The number of aldehydes is 1. The van der Waals surface area contributed by atoms with Crippen molar-refractivity contribution in [3.8, 4) is 0 Å². The molecule has 5 rings (SSSR count). The normalized spacial score (nSPS) is 21.6. The van der Waals surface area contributed by atoms with Crippen molar-refractivity contribution in [2.75, 3.05) is 75.3 Å². The predicted molar refractivity (Wildman–Crippen MR) is 185 cm³/mol. The molecule has 282 valence electrons. The third kappa shape index (κ3) is 11.2. The highest BCUT2D eigenvalue weighted by Crippen LogP contribution is 2.53. The Labute approximate surface area is 288 Å². The molecule has 2 aliphatic rings. The van der Waals surface area contributed by atoms with E-state index in [9.17, 15) is 24.9 Å². The average Bonchev–Trinajstić information content (AvgIpc) is 3.95. The van der Waals surface area contributed by atoms with Crippen LogP contribution in [0, 0.1) is 22.7 Å². The molecule has 50 heavy (non-hydrogen) atoms. The minimum atomic E-state index is -0.502. The van der Waals surface area contributed by atoms with Crippen LogP contribution in [0.5, 0.6) is 0 Å². The van der Waals surface area contributed by atoms with Crippen LogP contribution in [0.2, 0.25) is 0 Å². The molecule has 3 heterocycles. The van der Waals surface area contributed by atoms with Gasteiger partial charge in [0.1, 0.15) is 12.0 Å². The Morgan fingerprint density at radius 2 is 1.42 bits per heavy atom. The summed E-state index contributed by atoms with van der Waals surface area (Å²) in [4.78, 5) is 48.5. The standard InChI is InChI=1S/C11H15N5O3.C10H17N5O3.C7H16O3.C2H4O/c12-10-14-8-7(9(19)15-10)13-5-16(8)3-11(4-18)1-6(11)2-17;11-6-7(14-9(12)15-8(6)18)13-3-10(4-17)1-5(10)2-16;1-4-8-7(9-5-2)10-6-3;1-2-3/h5-6,17-18H,1-4H2,(H3,12,14,15,19);5,16-17H,1-4,11H2,(H4,12,13,14,15,18);7H,4-6H2,1-3H3;2H,1H3. The fourth-order valence-corrected chi connectivity index (χ4v) is 5.16. The van der Waals surface area contributed by atoms with Gasteiger partial charge in [-0.05, 0) is 52.4 Å². The summed E-state index contributed by atoms with van der Waals surface area (Å²) in [6.45, 7) is 9.41. The van der Waals surface area contributed by atoms with Gasteiger partial charge < -0.3 is 66.5 Å². The number of ether oxygens (including phenoxy) is 3. The number of aliphatic hydroxyl groups excluding tert-OH is 4. The first-order valence-electron chi connectivity index (χ1n) is 16.2. The molecule has 3 aromatic rings. The zero-order valence-corrected chi connectivity index (χ0v) is 28.9. The monoisotopic (exact) mass is 712 g/mol. The third-order valence-electron chi connectivity index (χ3n) is 8.26.